The first-order valence-corrected chi connectivity index (χ1v) is 8.26. The van der Waals surface area contributed by atoms with E-state index in [1.54, 1.807) is 0 Å². The van der Waals surface area contributed by atoms with E-state index >= 15 is 0 Å². The first-order chi connectivity index (χ1) is 11.4. The van der Waals surface area contributed by atoms with E-state index in [1.165, 1.54) is 6.92 Å². The van der Waals surface area contributed by atoms with Crippen molar-refractivity contribution in [2.24, 2.45) is 0 Å². The summed E-state index contributed by atoms with van der Waals surface area (Å²) >= 11 is 0.509. The minimum Gasteiger partial charge on any atom is -0.339 e. The van der Waals surface area contributed by atoms with Crippen LogP contribution in [0, 0.1) is 6.92 Å². The molecule has 11 heteroatoms. The standard InChI is InChI=1S/C14H15F3N2O5S/c1-6-8-10(20)19(7-2-3-7)12(21)18(5-4-13(15,16)17)11(8)25-9(6)14(22,23)24/h7,22-24H,2-5H2,1H3. The molecule has 2 aromatic heterocycles. The molecule has 2 heterocycles. The molecule has 3 rings (SSSR count). The fourth-order valence-electron chi connectivity index (χ4n) is 2.77. The lowest BCUT2D eigenvalue weighted by molar-refractivity contribution is -0.321. The fraction of sp³-hybridized carbons (Fsp3) is 0.571. The predicted octanol–water partition coefficient (Wildman–Crippen LogP) is 0.908. The molecule has 0 saturated heterocycles. The van der Waals surface area contributed by atoms with Gasteiger partial charge in [0.25, 0.3) is 5.56 Å². The highest BCUT2D eigenvalue weighted by molar-refractivity contribution is 7.19. The van der Waals surface area contributed by atoms with E-state index in [-0.39, 0.29) is 21.8 Å². The summed E-state index contributed by atoms with van der Waals surface area (Å²) in [7, 11) is 0. The fourth-order valence-corrected chi connectivity index (χ4v) is 3.98. The Morgan fingerprint density at radius 3 is 2.28 bits per heavy atom. The van der Waals surface area contributed by atoms with Crippen molar-refractivity contribution in [2.45, 2.75) is 50.9 Å². The summed E-state index contributed by atoms with van der Waals surface area (Å²) in [5.74, 6) is -3.25. The zero-order chi connectivity index (χ0) is 18.7. The third kappa shape index (κ3) is 3.24. The second-order valence-electron chi connectivity index (χ2n) is 6.08. The predicted molar refractivity (Wildman–Crippen MR) is 82.4 cm³/mol. The summed E-state index contributed by atoms with van der Waals surface area (Å²) in [5.41, 5.74) is -1.54. The van der Waals surface area contributed by atoms with Gasteiger partial charge in [-0.15, -0.1) is 11.3 Å². The molecule has 0 bridgehead atoms. The molecule has 1 fully saturated rings. The third-order valence-corrected chi connectivity index (χ3v) is 5.48. The molecule has 0 unspecified atom stereocenters. The van der Waals surface area contributed by atoms with Crippen LogP contribution in [0.15, 0.2) is 9.59 Å². The molecule has 0 atom stereocenters. The summed E-state index contributed by atoms with van der Waals surface area (Å²) in [6.07, 6.45) is -4.64. The first kappa shape index (κ1) is 18.1. The van der Waals surface area contributed by atoms with Crippen molar-refractivity contribution in [2.75, 3.05) is 0 Å². The molecule has 1 aliphatic rings. The van der Waals surface area contributed by atoms with Crippen LogP contribution in [0.3, 0.4) is 0 Å². The van der Waals surface area contributed by atoms with E-state index in [9.17, 15) is 38.1 Å². The Morgan fingerprint density at radius 2 is 1.80 bits per heavy atom. The number of alkyl halides is 3. The highest BCUT2D eigenvalue weighted by Crippen LogP contribution is 2.36. The maximum Gasteiger partial charge on any atom is 0.390 e. The maximum atomic E-state index is 12.6. The minimum atomic E-state index is -4.50. The Bertz CT molecular complexity index is 947. The van der Waals surface area contributed by atoms with Gasteiger partial charge in [0, 0.05) is 12.6 Å². The molecule has 0 amide bonds. The minimum absolute atomic E-state index is 0.0210. The lowest BCUT2D eigenvalue weighted by Gasteiger charge is -2.12. The van der Waals surface area contributed by atoms with Crippen LogP contribution in [0.25, 0.3) is 10.2 Å². The molecule has 1 aliphatic carbocycles. The quantitative estimate of drug-likeness (QED) is 0.684. The lowest BCUT2D eigenvalue weighted by Crippen LogP contribution is -2.39. The van der Waals surface area contributed by atoms with E-state index in [1.807, 2.05) is 0 Å². The summed E-state index contributed by atoms with van der Waals surface area (Å²) in [4.78, 5) is 24.7. The Balaban J connectivity index is 2.32. The van der Waals surface area contributed by atoms with Crippen LogP contribution in [0.5, 0.6) is 0 Å². The van der Waals surface area contributed by atoms with Crippen LogP contribution in [0.2, 0.25) is 0 Å². The van der Waals surface area contributed by atoms with E-state index in [0.29, 0.717) is 24.2 Å². The first-order valence-electron chi connectivity index (χ1n) is 7.44. The zero-order valence-electron chi connectivity index (χ0n) is 13.0. The van der Waals surface area contributed by atoms with Crippen LogP contribution in [-0.4, -0.2) is 30.6 Å². The van der Waals surface area contributed by atoms with Gasteiger partial charge in [0.2, 0.25) is 0 Å². The van der Waals surface area contributed by atoms with Crippen LogP contribution < -0.4 is 11.2 Å². The molecule has 7 nitrogen and oxygen atoms in total. The summed E-state index contributed by atoms with van der Waals surface area (Å²) in [6.45, 7) is 0.628. The maximum absolute atomic E-state index is 12.6. The van der Waals surface area contributed by atoms with E-state index < -0.39 is 41.2 Å². The van der Waals surface area contributed by atoms with Crippen LogP contribution in [0.4, 0.5) is 13.2 Å². The van der Waals surface area contributed by atoms with Gasteiger partial charge < -0.3 is 15.3 Å². The van der Waals surface area contributed by atoms with Crippen LogP contribution in [-0.2, 0) is 12.5 Å². The number of halogens is 3. The molecule has 138 valence electrons. The third-order valence-electron chi connectivity index (χ3n) is 4.08. The van der Waals surface area contributed by atoms with Gasteiger partial charge in [-0.3, -0.25) is 13.9 Å². The molecule has 25 heavy (non-hydrogen) atoms. The summed E-state index contributed by atoms with van der Waals surface area (Å²) in [6, 6.07) is -0.369. The second-order valence-corrected chi connectivity index (χ2v) is 7.08. The number of nitrogens with zero attached hydrogens (tertiary/aromatic N) is 2. The molecule has 1 saturated carbocycles. The molecule has 2 aromatic rings. The molecule has 0 aromatic carbocycles. The van der Waals surface area contributed by atoms with Gasteiger partial charge in [0.05, 0.1) is 16.7 Å². The van der Waals surface area contributed by atoms with Crippen molar-refractivity contribution in [3.63, 3.8) is 0 Å². The topological polar surface area (TPSA) is 105 Å². The Kier molecular flexibility index (Phi) is 4.10. The van der Waals surface area contributed by atoms with Crippen LogP contribution in [0.1, 0.15) is 35.7 Å². The lowest BCUT2D eigenvalue weighted by atomic mass is 10.2. The average Bonchev–Trinajstić information content (AvgIpc) is 3.19. The van der Waals surface area contributed by atoms with Gasteiger partial charge in [-0.2, -0.15) is 13.2 Å². The van der Waals surface area contributed by atoms with Crippen molar-refractivity contribution in [1.29, 1.82) is 0 Å². The van der Waals surface area contributed by atoms with Crippen molar-refractivity contribution in [3.8, 4) is 0 Å². The van der Waals surface area contributed by atoms with Crippen molar-refractivity contribution >= 4 is 21.6 Å². The van der Waals surface area contributed by atoms with Gasteiger partial charge in [-0.25, -0.2) is 4.79 Å². The van der Waals surface area contributed by atoms with Crippen molar-refractivity contribution in [1.82, 2.24) is 9.13 Å². The highest BCUT2D eigenvalue weighted by Gasteiger charge is 2.35. The SMILES string of the molecule is Cc1c(C(O)(O)O)sc2c1c(=O)n(C1CC1)c(=O)n2CCC(F)(F)F. The molecular formula is C14H15F3N2O5S. The largest absolute Gasteiger partial charge is 0.390 e. The number of thiophene rings is 1. The number of hydrogen-bond donors (Lipinski definition) is 3. The number of fused-ring (bicyclic) bond motifs is 1. The molecule has 0 spiro atoms. The highest BCUT2D eigenvalue weighted by atomic mass is 32.1. The number of aromatic nitrogens is 2. The van der Waals surface area contributed by atoms with Crippen molar-refractivity contribution < 1.29 is 28.5 Å². The van der Waals surface area contributed by atoms with E-state index in [4.69, 9.17) is 0 Å². The number of rotatable bonds is 4. The van der Waals surface area contributed by atoms with Gasteiger partial charge >= 0.3 is 17.8 Å². The monoisotopic (exact) mass is 380 g/mol. The number of hydrogen-bond acceptors (Lipinski definition) is 6. The molecular weight excluding hydrogens is 365 g/mol. The number of aryl methyl sites for hydroxylation is 2. The number of aliphatic hydroxyl groups is 3. The smallest absolute Gasteiger partial charge is 0.339 e. The van der Waals surface area contributed by atoms with Gasteiger partial charge in [-0.05, 0) is 25.3 Å². The van der Waals surface area contributed by atoms with Gasteiger partial charge in [0.15, 0.2) is 0 Å². The second kappa shape index (κ2) is 5.66. The zero-order valence-corrected chi connectivity index (χ0v) is 13.8. The molecule has 0 radical (unpaired) electrons. The van der Waals surface area contributed by atoms with Gasteiger partial charge in [0.1, 0.15) is 4.83 Å². The van der Waals surface area contributed by atoms with E-state index in [2.05, 4.69) is 0 Å². The molecule has 3 N–H and O–H groups in total. The Morgan fingerprint density at radius 1 is 1.20 bits per heavy atom. The Hall–Kier alpha value is -1.69. The summed E-state index contributed by atoms with van der Waals surface area (Å²) in [5, 5.41) is 28.2. The normalized spacial score (nSPS) is 16.0. The Labute approximate surface area is 142 Å². The van der Waals surface area contributed by atoms with Crippen LogP contribution >= 0.6 is 11.3 Å². The summed E-state index contributed by atoms with van der Waals surface area (Å²) < 4.78 is 39.5. The molecule has 0 aliphatic heterocycles. The van der Waals surface area contributed by atoms with E-state index in [0.717, 1.165) is 9.13 Å². The van der Waals surface area contributed by atoms with Gasteiger partial charge in [-0.1, -0.05) is 0 Å². The van der Waals surface area contributed by atoms with Crippen molar-refractivity contribution in [3.05, 3.63) is 31.3 Å². The average molecular weight is 380 g/mol.